The summed E-state index contributed by atoms with van der Waals surface area (Å²) >= 11 is 0. The Morgan fingerprint density at radius 3 is 2.80 bits per heavy atom. The van der Waals surface area contributed by atoms with Gasteiger partial charge in [-0.25, -0.2) is 5.43 Å². The van der Waals surface area contributed by atoms with E-state index >= 15 is 0 Å². The SMILES string of the molecule is Cc1cccc(/C=N\NC(=O)Cn2nc(C)cc2C)n1. The van der Waals surface area contributed by atoms with Crippen LogP contribution in [0.5, 0.6) is 0 Å². The molecule has 0 saturated heterocycles. The van der Waals surface area contributed by atoms with Crippen molar-refractivity contribution in [2.75, 3.05) is 0 Å². The monoisotopic (exact) mass is 271 g/mol. The van der Waals surface area contributed by atoms with Gasteiger partial charge in [-0.15, -0.1) is 0 Å². The summed E-state index contributed by atoms with van der Waals surface area (Å²) in [6.07, 6.45) is 1.52. The third kappa shape index (κ3) is 3.74. The van der Waals surface area contributed by atoms with E-state index < -0.39 is 0 Å². The Morgan fingerprint density at radius 1 is 1.35 bits per heavy atom. The number of nitrogens with one attached hydrogen (secondary N) is 1. The fraction of sp³-hybridized carbons (Fsp3) is 0.286. The van der Waals surface area contributed by atoms with Gasteiger partial charge in [0.1, 0.15) is 6.54 Å². The largest absolute Gasteiger partial charge is 0.271 e. The summed E-state index contributed by atoms with van der Waals surface area (Å²) < 4.78 is 1.64. The summed E-state index contributed by atoms with van der Waals surface area (Å²) in [5.41, 5.74) is 5.91. The molecule has 0 spiro atoms. The quantitative estimate of drug-likeness (QED) is 0.674. The van der Waals surface area contributed by atoms with Crippen molar-refractivity contribution in [1.82, 2.24) is 20.2 Å². The van der Waals surface area contributed by atoms with Crippen LogP contribution in [-0.2, 0) is 11.3 Å². The summed E-state index contributed by atoms with van der Waals surface area (Å²) in [5.74, 6) is -0.222. The van der Waals surface area contributed by atoms with Crippen LogP contribution in [0.3, 0.4) is 0 Å². The molecule has 0 aliphatic carbocycles. The number of carbonyl (C=O) groups excluding carboxylic acids is 1. The molecule has 0 radical (unpaired) electrons. The Balaban J connectivity index is 1.91. The number of hydrogen-bond donors (Lipinski definition) is 1. The Kier molecular flexibility index (Phi) is 4.24. The summed E-state index contributed by atoms with van der Waals surface area (Å²) in [7, 11) is 0. The summed E-state index contributed by atoms with van der Waals surface area (Å²) in [5, 5.41) is 8.11. The molecule has 1 amide bonds. The summed E-state index contributed by atoms with van der Waals surface area (Å²) in [6, 6.07) is 7.54. The number of aromatic nitrogens is 3. The first-order chi connectivity index (χ1) is 9.54. The van der Waals surface area contributed by atoms with Gasteiger partial charge < -0.3 is 0 Å². The van der Waals surface area contributed by atoms with Gasteiger partial charge in [0.25, 0.3) is 5.91 Å². The van der Waals surface area contributed by atoms with Gasteiger partial charge in [-0.2, -0.15) is 10.2 Å². The van der Waals surface area contributed by atoms with E-state index in [0.29, 0.717) is 5.69 Å². The average molecular weight is 271 g/mol. The van der Waals surface area contributed by atoms with E-state index in [4.69, 9.17) is 0 Å². The van der Waals surface area contributed by atoms with E-state index in [0.717, 1.165) is 17.1 Å². The Labute approximate surface area is 117 Å². The molecule has 2 aromatic heterocycles. The van der Waals surface area contributed by atoms with Gasteiger partial charge in [0.15, 0.2) is 0 Å². The fourth-order valence-corrected chi connectivity index (χ4v) is 1.81. The average Bonchev–Trinajstić information content (AvgIpc) is 2.68. The molecule has 0 aromatic carbocycles. The lowest BCUT2D eigenvalue weighted by molar-refractivity contribution is -0.121. The first kappa shape index (κ1) is 13.9. The predicted molar refractivity (Wildman–Crippen MR) is 76.4 cm³/mol. The molecule has 0 unspecified atom stereocenters. The second-order valence-corrected chi connectivity index (χ2v) is 4.58. The lowest BCUT2D eigenvalue weighted by atomic mass is 10.3. The minimum atomic E-state index is -0.222. The maximum Gasteiger partial charge on any atom is 0.261 e. The smallest absolute Gasteiger partial charge is 0.261 e. The standard InChI is InChI=1S/C14H17N5O/c1-10-5-4-6-13(16-10)8-15-17-14(20)9-19-12(3)7-11(2)18-19/h4-8H,9H2,1-3H3,(H,17,20)/b15-8-. The zero-order valence-corrected chi connectivity index (χ0v) is 11.8. The van der Waals surface area contributed by atoms with Crippen LogP contribution in [0.4, 0.5) is 0 Å². The molecule has 0 fully saturated rings. The maximum absolute atomic E-state index is 11.7. The van der Waals surface area contributed by atoms with Crippen LogP contribution in [0.2, 0.25) is 0 Å². The lowest BCUT2D eigenvalue weighted by Crippen LogP contribution is -2.24. The molecule has 2 aromatic rings. The van der Waals surface area contributed by atoms with Gasteiger partial charge in [0.05, 0.1) is 17.6 Å². The van der Waals surface area contributed by atoms with E-state index in [-0.39, 0.29) is 12.5 Å². The van der Waals surface area contributed by atoms with Crippen LogP contribution in [0.15, 0.2) is 29.4 Å². The van der Waals surface area contributed by atoms with Crippen LogP contribution >= 0.6 is 0 Å². The van der Waals surface area contributed by atoms with Crippen molar-refractivity contribution in [3.63, 3.8) is 0 Å². The molecule has 2 heterocycles. The van der Waals surface area contributed by atoms with Gasteiger partial charge in [-0.05, 0) is 39.0 Å². The number of hydrogen-bond acceptors (Lipinski definition) is 4. The summed E-state index contributed by atoms with van der Waals surface area (Å²) in [4.78, 5) is 16.0. The normalized spacial score (nSPS) is 10.9. The number of rotatable bonds is 4. The van der Waals surface area contributed by atoms with Crippen LogP contribution < -0.4 is 5.43 Å². The Morgan fingerprint density at radius 2 is 2.15 bits per heavy atom. The molecular formula is C14H17N5O. The molecule has 0 atom stereocenters. The molecule has 1 N–H and O–H groups in total. The molecular weight excluding hydrogens is 254 g/mol. The number of hydrazone groups is 1. The van der Waals surface area contributed by atoms with Gasteiger partial charge in [-0.3, -0.25) is 14.5 Å². The van der Waals surface area contributed by atoms with Gasteiger partial charge in [0, 0.05) is 11.4 Å². The molecule has 2 rings (SSSR count). The van der Waals surface area contributed by atoms with Crippen molar-refractivity contribution in [2.45, 2.75) is 27.3 Å². The van der Waals surface area contributed by atoms with Crippen molar-refractivity contribution in [2.24, 2.45) is 5.10 Å². The number of carbonyl (C=O) groups is 1. The van der Waals surface area contributed by atoms with Crippen molar-refractivity contribution < 1.29 is 4.79 Å². The molecule has 6 nitrogen and oxygen atoms in total. The molecule has 0 aliphatic heterocycles. The third-order valence-corrected chi connectivity index (χ3v) is 2.69. The first-order valence-corrected chi connectivity index (χ1v) is 6.31. The van der Waals surface area contributed by atoms with Gasteiger partial charge in [0.2, 0.25) is 0 Å². The van der Waals surface area contributed by atoms with E-state index in [1.807, 2.05) is 45.0 Å². The van der Waals surface area contributed by atoms with Crippen LogP contribution in [0.25, 0.3) is 0 Å². The first-order valence-electron chi connectivity index (χ1n) is 6.31. The van der Waals surface area contributed by atoms with Gasteiger partial charge in [-0.1, -0.05) is 6.07 Å². The molecule has 0 aliphatic rings. The number of amides is 1. The lowest BCUT2D eigenvalue weighted by Gasteiger charge is -2.02. The van der Waals surface area contributed by atoms with E-state index in [1.54, 1.807) is 4.68 Å². The molecule has 0 saturated carbocycles. The van der Waals surface area contributed by atoms with E-state index in [1.165, 1.54) is 6.21 Å². The minimum absolute atomic E-state index is 0.151. The zero-order chi connectivity index (χ0) is 14.5. The second-order valence-electron chi connectivity index (χ2n) is 4.58. The topological polar surface area (TPSA) is 72.2 Å². The molecule has 0 bridgehead atoms. The van der Waals surface area contributed by atoms with Crippen molar-refractivity contribution in [3.8, 4) is 0 Å². The number of nitrogens with zero attached hydrogens (tertiary/aromatic N) is 4. The Bertz CT molecular complexity index is 645. The fourth-order valence-electron chi connectivity index (χ4n) is 1.81. The highest BCUT2D eigenvalue weighted by Gasteiger charge is 2.05. The third-order valence-electron chi connectivity index (χ3n) is 2.69. The van der Waals surface area contributed by atoms with E-state index in [2.05, 4.69) is 20.6 Å². The minimum Gasteiger partial charge on any atom is -0.271 e. The molecule has 104 valence electrons. The van der Waals surface area contributed by atoms with Gasteiger partial charge >= 0.3 is 0 Å². The van der Waals surface area contributed by atoms with Crippen molar-refractivity contribution >= 4 is 12.1 Å². The van der Waals surface area contributed by atoms with Crippen molar-refractivity contribution in [3.05, 3.63) is 47.0 Å². The highest BCUT2D eigenvalue weighted by Crippen LogP contribution is 2.01. The van der Waals surface area contributed by atoms with Crippen LogP contribution in [-0.4, -0.2) is 26.9 Å². The predicted octanol–water partition coefficient (Wildman–Crippen LogP) is 1.35. The molecule has 20 heavy (non-hydrogen) atoms. The maximum atomic E-state index is 11.7. The van der Waals surface area contributed by atoms with E-state index in [9.17, 15) is 4.79 Å². The van der Waals surface area contributed by atoms with Crippen LogP contribution in [0.1, 0.15) is 22.8 Å². The Hall–Kier alpha value is -2.50. The highest BCUT2D eigenvalue weighted by molar-refractivity contribution is 5.80. The second kappa shape index (κ2) is 6.10. The zero-order valence-electron chi connectivity index (χ0n) is 11.8. The summed E-state index contributed by atoms with van der Waals surface area (Å²) in [6.45, 7) is 5.85. The number of aryl methyl sites for hydroxylation is 3. The van der Waals surface area contributed by atoms with Crippen LogP contribution in [0, 0.1) is 20.8 Å². The molecule has 6 heteroatoms. The van der Waals surface area contributed by atoms with Crippen molar-refractivity contribution in [1.29, 1.82) is 0 Å². The number of pyridine rings is 1. The highest BCUT2D eigenvalue weighted by atomic mass is 16.2.